The number of hydrogen-bond donors (Lipinski definition) is 1. The molecule has 0 saturated heterocycles. The van der Waals surface area contributed by atoms with Crippen LogP contribution >= 0.6 is 0 Å². The minimum atomic E-state index is -1.16. The fraction of sp³-hybridized carbons (Fsp3) is 0.600. The summed E-state index contributed by atoms with van der Waals surface area (Å²) < 4.78 is 10.5. The van der Waals surface area contributed by atoms with E-state index in [9.17, 15) is 9.59 Å². The monoisotopic (exact) mass is 306 g/mol. The molecule has 0 spiro atoms. The van der Waals surface area contributed by atoms with Gasteiger partial charge in [-0.05, 0) is 6.42 Å². The van der Waals surface area contributed by atoms with Crippen molar-refractivity contribution in [1.29, 1.82) is 0 Å². The van der Waals surface area contributed by atoms with Gasteiger partial charge in [-0.3, -0.25) is 0 Å². The molecule has 1 unspecified atom stereocenters. The molecule has 0 aliphatic heterocycles. The summed E-state index contributed by atoms with van der Waals surface area (Å²) >= 11 is 0. The van der Waals surface area contributed by atoms with Gasteiger partial charge >= 0.3 is 11.9 Å². The number of esters is 1. The first-order valence-corrected chi connectivity index (χ1v) is 11.8. The summed E-state index contributed by atoms with van der Waals surface area (Å²) in [6, 6.07) is 1.07. The zero-order chi connectivity index (χ0) is 14.2. The van der Waals surface area contributed by atoms with E-state index in [0.29, 0.717) is 10.5 Å². The molecule has 0 radical (unpaired) electrons. The van der Waals surface area contributed by atoms with Crippen molar-refractivity contribution in [2.75, 3.05) is 0 Å². The van der Waals surface area contributed by atoms with E-state index < -0.39 is 29.8 Å². The molecule has 0 aromatic carbocycles. The zero-order valence-electron chi connectivity index (χ0n) is 11.4. The van der Waals surface area contributed by atoms with E-state index in [-0.39, 0.29) is 5.73 Å². The minimum absolute atomic E-state index is 0.139. The molecule has 0 rings (SSSR count). The lowest BCUT2D eigenvalue weighted by Gasteiger charge is -2.21. The van der Waals surface area contributed by atoms with Crippen LogP contribution < -0.4 is 0 Å². The Morgan fingerprint density at radius 2 is 2.00 bits per heavy atom. The van der Waals surface area contributed by atoms with Gasteiger partial charge in [0.2, 0.25) is 0 Å². The van der Waals surface area contributed by atoms with Gasteiger partial charge in [0.15, 0.2) is 9.76 Å². The van der Waals surface area contributed by atoms with Crippen LogP contribution in [0.4, 0.5) is 0 Å². The van der Waals surface area contributed by atoms with E-state index in [0.717, 1.165) is 24.6 Å². The number of carboxylic acids is 1. The topological polar surface area (TPSA) is 72.8 Å². The number of rotatable bonds is 8. The van der Waals surface area contributed by atoms with Crippen LogP contribution in [-0.2, 0) is 18.4 Å². The van der Waals surface area contributed by atoms with Crippen LogP contribution in [0.25, 0.3) is 0 Å². The third-order valence-corrected chi connectivity index (χ3v) is 6.28. The van der Waals surface area contributed by atoms with Crippen molar-refractivity contribution in [1.82, 2.24) is 0 Å². The van der Waals surface area contributed by atoms with Gasteiger partial charge in [0.1, 0.15) is 16.2 Å². The first-order chi connectivity index (χ1) is 8.24. The lowest BCUT2D eigenvalue weighted by Crippen LogP contribution is -2.29. The smallest absolute Gasteiger partial charge is 0.331 e. The highest BCUT2D eigenvalue weighted by Crippen LogP contribution is 2.14. The Kier molecular flexibility index (Phi) is 8.07. The Balaban J connectivity index is 4.26. The second-order valence-corrected chi connectivity index (χ2v) is 14.5. The predicted octanol–water partition coefficient (Wildman–Crippen LogP) is -0.394. The summed E-state index contributed by atoms with van der Waals surface area (Å²) in [6.07, 6.45) is 2.57. The molecule has 0 heterocycles. The number of carboxylic acid groups (broad SMARTS) is 1. The van der Waals surface area contributed by atoms with Crippen molar-refractivity contribution >= 4 is 40.3 Å². The number of carbonyl (C=O) groups excluding carboxylic acids is 1. The first-order valence-electron chi connectivity index (χ1n) is 5.85. The number of aliphatic carboxylic acids is 1. The molecule has 1 N–H and O–H groups in total. The summed E-state index contributed by atoms with van der Waals surface area (Å²) in [5.41, 5.74) is -0.139. The number of carbonyl (C=O) groups is 2. The number of hydrogen-bond acceptors (Lipinski definition) is 4. The highest BCUT2D eigenvalue weighted by atomic mass is 28.3. The van der Waals surface area contributed by atoms with Crippen LogP contribution in [0, 0.1) is 0 Å². The van der Waals surface area contributed by atoms with Crippen molar-refractivity contribution in [3.63, 3.8) is 0 Å². The first kappa shape index (κ1) is 17.3. The summed E-state index contributed by atoms with van der Waals surface area (Å²) in [5.74, 6) is -1.74. The van der Waals surface area contributed by atoms with E-state index in [1.807, 2.05) is 0 Å². The highest BCUT2D eigenvalue weighted by Gasteiger charge is 2.19. The lowest BCUT2D eigenvalue weighted by molar-refractivity contribution is -0.140. The number of ether oxygens (including phenoxy) is 1. The van der Waals surface area contributed by atoms with Crippen LogP contribution in [0.5, 0.6) is 0 Å². The molecule has 8 heteroatoms. The minimum Gasteiger partial charge on any atom is -0.478 e. The Labute approximate surface area is 114 Å². The largest absolute Gasteiger partial charge is 0.478 e. The van der Waals surface area contributed by atoms with E-state index in [2.05, 4.69) is 19.6 Å². The second-order valence-electron chi connectivity index (χ2n) is 5.29. The normalized spacial score (nSPS) is 14.4. The molecule has 18 heavy (non-hydrogen) atoms. The van der Waals surface area contributed by atoms with Crippen molar-refractivity contribution in [2.45, 2.75) is 37.8 Å². The molecule has 5 nitrogen and oxygen atoms in total. The van der Waals surface area contributed by atoms with Crippen molar-refractivity contribution in [3.8, 4) is 0 Å². The van der Waals surface area contributed by atoms with Gasteiger partial charge in [0, 0.05) is 20.2 Å². The van der Waals surface area contributed by atoms with Crippen LogP contribution in [0.15, 0.2) is 12.2 Å². The summed E-state index contributed by atoms with van der Waals surface area (Å²) in [7, 11) is -1.36. The van der Waals surface area contributed by atoms with Crippen LogP contribution in [0.3, 0.4) is 0 Å². The molecule has 0 amide bonds. The van der Waals surface area contributed by atoms with Gasteiger partial charge in [0.05, 0.1) is 0 Å². The zero-order valence-corrected chi connectivity index (χ0v) is 15.8. The molecule has 0 bridgehead atoms. The van der Waals surface area contributed by atoms with Crippen LogP contribution in [0.2, 0.25) is 25.7 Å². The van der Waals surface area contributed by atoms with E-state index in [4.69, 9.17) is 14.0 Å². The SMILES string of the molecule is C[Si](C)(C)CCC(OC(=O)/C=C/C(=O)O)[SiH2]O[SiH3]. The maximum Gasteiger partial charge on any atom is 0.331 e. The molecule has 0 saturated carbocycles. The van der Waals surface area contributed by atoms with E-state index >= 15 is 0 Å². The van der Waals surface area contributed by atoms with Gasteiger partial charge in [-0.15, -0.1) is 0 Å². The Morgan fingerprint density at radius 1 is 1.39 bits per heavy atom. The van der Waals surface area contributed by atoms with E-state index in [1.54, 1.807) is 0 Å². The fourth-order valence-electron chi connectivity index (χ4n) is 1.30. The standard InChI is InChI=1S/C10H22O5Si3/c1-18(2,3)7-6-10(17-15-16)14-9(13)5-4-8(11)12/h4-5,10H,6-7,17H2,1-3,16H3,(H,11,12)/b5-4+. The highest BCUT2D eigenvalue weighted by molar-refractivity contribution is 6.76. The molecule has 0 aliphatic carbocycles. The van der Waals surface area contributed by atoms with Crippen LogP contribution in [0.1, 0.15) is 6.42 Å². The quantitative estimate of drug-likeness (QED) is 0.375. The summed E-state index contributed by atoms with van der Waals surface area (Å²) in [6.45, 7) is 6.79. The Morgan fingerprint density at radius 3 is 2.44 bits per heavy atom. The van der Waals surface area contributed by atoms with Crippen molar-refractivity contribution in [3.05, 3.63) is 12.2 Å². The molecule has 104 valence electrons. The molecule has 0 fully saturated rings. The molecule has 0 aromatic rings. The average molecular weight is 307 g/mol. The van der Waals surface area contributed by atoms with E-state index in [1.165, 1.54) is 0 Å². The van der Waals surface area contributed by atoms with Gasteiger partial charge in [0.25, 0.3) is 0 Å². The summed E-state index contributed by atoms with van der Waals surface area (Å²) in [4.78, 5) is 21.6. The third kappa shape index (κ3) is 10.4. The Bertz CT molecular complexity index is 311. The van der Waals surface area contributed by atoms with Gasteiger partial charge < -0.3 is 14.0 Å². The van der Waals surface area contributed by atoms with Gasteiger partial charge in [-0.2, -0.15) is 0 Å². The third-order valence-electron chi connectivity index (χ3n) is 2.21. The maximum absolute atomic E-state index is 11.4. The summed E-state index contributed by atoms with van der Waals surface area (Å²) in [5, 5.41) is 8.41. The Hall–Kier alpha value is -0.709. The van der Waals surface area contributed by atoms with Gasteiger partial charge in [-0.25, -0.2) is 9.59 Å². The average Bonchev–Trinajstić information content (AvgIpc) is 2.22. The lowest BCUT2D eigenvalue weighted by atomic mass is 10.5. The maximum atomic E-state index is 11.4. The van der Waals surface area contributed by atoms with Gasteiger partial charge in [-0.1, -0.05) is 25.7 Å². The molecule has 0 aliphatic rings. The molecular formula is C10H22O5Si3. The van der Waals surface area contributed by atoms with Crippen molar-refractivity contribution < 1.29 is 23.5 Å². The molecular weight excluding hydrogens is 284 g/mol. The van der Waals surface area contributed by atoms with Crippen LogP contribution in [-0.4, -0.2) is 51.1 Å². The molecule has 1 atom stereocenters. The second kappa shape index (κ2) is 8.40. The predicted molar refractivity (Wildman–Crippen MR) is 79.0 cm³/mol. The molecule has 0 aromatic heterocycles. The van der Waals surface area contributed by atoms with Crippen molar-refractivity contribution in [2.24, 2.45) is 0 Å². The fourth-order valence-corrected chi connectivity index (χ4v) is 4.99.